The Bertz CT molecular complexity index is 538. The first-order valence-corrected chi connectivity index (χ1v) is 7.60. The van der Waals surface area contributed by atoms with Gasteiger partial charge >= 0.3 is 0 Å². The highest BCUT2D eigenvalue weighted by Gasteiger charge is 2.34. The maximum Gasteiger partial charge on any atom is 0.220 e. The minimum absolute atomic E-state index is 0.136. The van der Waals surface area contributed by atoms with Crippen molar-refractivity contribution in [3.8, 4) is 0 Å². The van der Waals surface area contributed by atoms with Crippen LogP contribution in [0.15, 0.2) is 60.7 Å². The Balaban J connectivity index is 1.82. The molecule has 1 aliphatic heterocycles. The van der Waals surface area contributed by atoms with Crippen molar-refractivity contribution in [3.63, 3.8) is 0 Å². The highest BCUT2D eigenvalue weighted by atomic mass is 16.1. The number of rotatable bonds is 4. The molecule has 0 radical (unpaired) electrons. The standard InChI is InChI=1S/C19H21NO/c21-18-11-12-19(15-20-18,13-16-7-3-1-4-8-16)14-17-9-5-2-6-10-17/h1-10H,11-15H2,(H,20,21). The molecule has 1 N–H and O–H groups in total. The Hall–Kier alpha value is -2.09. The highest BCUT2D eigenvalue weighted by molar-refractivity contribution is 5.76. The molecule has 0 saturated carbocycles. The molecule has 0 spiro atoms. The molecule has 1 amide bonds. The van der Waals surface area contributed by atoms with Gasteiger partial charge < -0.3 is 5.32 Å². The van der Waals surface area contributed by atoms with Crippen LogP contribution in [0.25, 0.3) is 0 Å². The van der Waals surface area contributed by atoms with Gasteiger partial charge in [0.25, 0.3) is 0 Å². The fourth-order valence-electron chi connectivity index (χ4n) is 3.26. The molecule has 21 heavy (non-hydrogen) atoms. The van der Waals surface area contributed by atoms with Crippen molar-refractivity contribution >= 4 is 5.91 Å². The van der Waals surface area contributed by atoms with Gasteiger partial charge in [-0.05, 0) is 35.8 Å². The van der Waals surface area contributed by atoms with Crippen LogP contribution in [0.1, 0.15) is 24.0 Å². The second-order valence-corrected chi connectivity index (χ2v) is 6.10. The molecule has 2 aromatic carbocycles. The predicted octanol–water partition coefficient (Wildman–Crippen LogP) is 3.37. The summed E-state index contributed by atoms with van der Waals surface area (Å²) in [5, 5.41) is 3.07. The summed E-state index contributed by atoms with van der Waals surface area (Å²) >= 11 is 0. The minimum Gasteiger partial charge on any atom is -0.356 e. The first-order valence-electron chi connectivity index (χ1n) is 7.60. The summed E-state index contributed by atoms with van der Waals surface area (Å²) in [4.78, 5) is 11.5. The third-order valence-corrected chi connectivity index (χ3v) is 4.39. The third-order valence-electron chi connectivity index (χ3n) is 4.39. The van der Waals surface area contributed by atoms with E-state index in [0.29, 0.717) is 6.42 Å². The van der Waals surface area contributed by atoms with Crippen LogP contribution in [0.4, 0.5) is 0 Å². The number of piperidine rings is 1. The van der Waals surface area contributed by atoms with E-state index in [4.69, 9.17) is 0 Å². The van der Waals surface area contributed by atoms with Gasteiger partial charge in [0, 0.05) is 13.0 Å². The molecule has 1 aliphatic rings. The van der Waals surface area contributed by atoms with Crippen LogP contribution in [-0.4, -0.2) is 12.5 Å². The molecule has 108 valence electrons. The fourth-order valence-corrected chi connectivity index (χ4v) is 3.26. The van der Waals surface area contributed by atoms with Gasteiger partial charge in [-0.15, -0.1) is 0 Å². The van der Waals surface area contributed by atoms with E-state index in [1.54, 1.807) is 0 Å². The van der Waals surface area contributed by atoms with Crippen molar-refractivity contribution in [1.82, 2.24) is 5.32 Å². The predicted molar refractivity (Wildman–Crippen MR) is 85.0 cm³/mol. The number of benzene rings is 2. The summed E-state index contributed by atoms with van der Waals surface area (Å²) in [5.41, 5.74) is 2.84. The van der Waals surface area contributed by atoms with E-state index < -0.39 is 0 Å². The zero-order valence-electron chi connectivity index (χ0n) is 12.2. The molecule has 0 aliphatic carbocycles. The second-order valence-electron chi connectivity index (χ2n) is 6.10. The van der Waals surface area contributed by atoms with E-state index >= 15 is 0 Å². The zero-order valence-corrected chi connectivity index (χ0v) is 12.2. The molecule has 1 saturated heterocycles. The summed E-state index contributed by atoms with van der Waals surface area (Å²) in [6.07, 6.45) is 3.63. The SMILES string of the molecule is O=C1CCC(Cc2ccccc2)(Cc2ccccc2)CN1. The van der Waals surface area contributed by atoms with Crippen LogP contribution in [0.5, 0.6) is 0 Å². The molecule has 0 bridgehead atoms. The molecule has 2 nitrogen and oxygen atoms in total. The lowest BCUT2D eigenvalue weighted by Crippen LogP contribution is -2.45. The van der Waals surface area contributed by atoms with E-state index in [1.165, 1.54) is 11.1 Å². The first-order chi connectivity index (χ1) is 10.3. The summed E-state index contributed by atoms with van der Waals surface area (Å²) in [5.74, 6) is 0.187. The molecule has 3 rings (SSSR count). The van der Waals surface area contributed by atoms with Crippen molar-refractivity contribution in [3.05, 3.63) is 71.8 Å². The molecular formula is C19H21NO. The molecule has 1 heterocycles. The van der Waals surface area contributed by atoms with Crippen molar-refractivity contribution in [2.45, 2.75) is 25.7 Å². The Morgan fingerprint density at radius 3 is 1.81 bits per heavy atom. The van der Waals surface area contributed by atoms with Crippen LogP contribution in [-0.2, 0) is 17.6 Å². The maximum absolute atomic E-state index is 11.5. The molecule has 1 fully saturated rings. The van der Waals surface area contributed by atoms with E-state index in [2.05, 4.69) is 66.0 Å². The van der Waals surface area contributed by atoms with Crippen molar-refractivity contribution in [2.24, 2.45) is 5.41 Å². The van der Waals surface area contributed by atoms with Gasteiger partial charge in [-0.25, -0.2) is 0 Å². The average molecular weight is 279 g/mol. The van der Waals surface area contributed by atoms with Gasteiger partial charge in [-0.2, -0.15) is 0 Å². The first kappa shape index (κ1) is 13.9. The Morgan fingerprint density at radius 1 is 0.857 bits per heavy atom. The lowest BCUT2D eigenvalue weighted by atomic mass is 9.71. The van der Waals surface area contributed by atoms with Gasteiger partial charge in [0.15, 0.2) is 0 Å². The van der Waals surface area contributed by atoms with Crippen LogP contribution in [0.2, 0.25) is 0 Å². The van der Waals surface area contributed by atoms with Crippen LogP contribution < -0.4 is 5.32 Å². The zero-order chi connectivity index (χ0) is 14.5. The monoisotopic (exact) mass is 279 g/mol. The lowest BCUT2D eigenvalue weighted by molar-refractivity contribution is -0.124. The molecular weight excluding hydrogens is 258 g/mol. The number of hydrogen-bond acceptors (Lipinski definition) is 1. The number of carbonyl (C=O) groups excluding carboxylic acids is 1. The topological polar surface area (TPSA) is 29.1 Å². The quantitative estimate of drug-likeness (QED) is 0.913. The van der Waals surface area contributed by atoms with E-state index in [9.17, 15) is 4.79 Å². The number of hydrogen-bond donors (Lipinski definition) is 1. The molecule has 0 unspecified atom stereocenters. The van der Waals surface area contributed by atoms with Gasteiger partial charge in [0.1, 0.15) is 0 Å². The minimum atomic E-state index is 0.136. The van der Waals surface area contributed by atoms with Crippen molar-refractivity contribution in [2.75, 3.05) is 6.54 Å². The number of nitrogens with one attached hydrogen (secondary N) is 1. The fraction of sp³-hybridized carbons (Fsp3) is 0.316. The number of carbonyl (C=O) groups is 1. The van der Waals surface area contributed by atoms with Gasteiger partial charge in [-0.3, -0.25) is 4.79 Å². The lowest BCUT2D eigenvalue weighted by Gasteiger charge is -2.38. The van der Waals surface area contributed by atoms with Crippen molar-refractivity contribution < 1.29 is 4.79 Å². The molecule has 2 heteroatoms. The van der Waals surface area contributed by atoms with Gasteiger partial charge in [0.2, 0.25) is 5.91 Å². The van der Waals surface area contributed by atoms with Crippen LogP contribution >= 0.6 is 0 Å². The second kappa shape index (κ2) is 6.13. The number of amides is 1. The maximum atomic E-state index is 11.5. The smallest absolute Gasteiger partial charge is 0.220 e. The van der Waals surface area contributed by atoms with Gasteiger partial charge in [0.05, 0.1) is 0 Å². The van der Waals surface area contributed by atoms with Crippen molar-refractivity contribution in [1.29, 1.82) is 0 Å². The highest BCUT2D eigenvalue weighted by Crippen LogP contribution is 2.34. The Kier molecular flexibility index (Phi) is 4.05. The molecule has 2 aromatic rings. The summed E-state index contributed by atoms with van der Waals surface area (Å²) in [6, 6.07) is 21.2. The largest absolute Gasteiger partial charge is 0.356 e. The van der Waals surface area contributed by atoms with E-state index in [-0.39, 0.29) is 11.3 Å². The summed E-state index contributed by atoms with van der Waals surface area (Å²) in [7, 11) is 0. The van der Waals surface area contributed by atoms with Gasteiger partial charge in [-0.1, -0.05) is 60.7 Å². The van der Waals surface area contributed by atoms with E-state index in [0.717, 1.165) is 25.8 Å². The van der Waals surface area contributed by atoms with Crippen LogP contribution in [0.3, 0.4) is 0 Å². The normalized spacial score (nSPS) is 17.2. The Morgan fingerprint density at radius 2 is 1.38 bits per heavy atom. The summed E-state index contributed by atoms with van der Waals surface area (Å²) in [6.45, 7) is 0.773. The summed E-state index contributed by atoms with van der Waals surface area (Å²) < 4.78 is 0. The average Bonchev–Trinajstić information content (AvgIpc) is 2.52. The third kappa shape index (κ3) is 3.52. The molecule has 0 atom stereocenters. The van der Waals surface area contributed by atoms with Crippen LogP contribution in [0, 0.1) is 5.41 Å². The molecule has 0 aromatic heterocycles. The Labute approximate surface area is 126 Å². The van der Waals surface area contributed by atoms with E-state index in [1.807, 2.05) is 0 Å².